The first-order chi connectivity index (χ1) is 17.1. The molecule has 4 aromatic rings. The van der Waals surface area contributed by atoms with Crippen LogP contribution in [-0.4, -0.2) is 28.6 Å². The van der Waals surface area contributed by atoms with Crippen LogP contribution in [0.1, 0.15) is 65.0 Å². The number of aromatic nitrogens is 2. The van der Waals surface area contributed by atoms with Gasteiger partial charge in [-0.15, -0.1) is 0 Å². The molecule has 8 heteroatoms. The van der Waals surface area contributed by atoms with Crippen molar-refractivity contribution >= 4 is 23.0 Å². The number of carbonyl (C=O) groups excluding carboxylic acids is 2. The van der Waals surface area contributed by atoms with E-state index in [4.69, 9.17) is 13.9 Å². The summed E-state index contributed by atoms with van der Waals surface area (Å²) in [7, 11) is 0. The predicted molar refractivity (Wildman–Crippen MR) is 129 cm³/mol. The molecule has 1 aliphatic rings. The number of oxazole rings is 1. The minimum absolute atomic E-state index is 0.138. The van der Waals surface area contributed by atoms with Gasteiger partial charge in [-0.05, 0) is 37.0 Å². The maximum atomic E-state index is 12.8. The number of alkyl carbamates (subject to hydrolysis) is 1. The number of amides is 1. The second-order valence-electron chi connectivity index (χ2n) is 8.58. The summed E-state index contributed by atoms with van der Waals surface area (Å²) in [6, 6.07) is 16.7. The first kappa shape index (κ1) is 22.7. The van der Waals surface area contributed by atoms with Gasteiger partial charge >= 0.3 is 12.1 Å². The van der Waals surface area contributed by atoms with E-state index in [0.717, 1.165) is 34.9 Å². The van der Waals surface area contributed by atoms with Crippen LogP contribution in [0.2, 0.25) is 0 Å². The van der Waals surface area contributed by atoms with Gasteiger partial charge in [-0.3, -0.25) is 0 Å². The van der Waals surface area contributed by atoms with Crippen molar-refractivity contribution in [3.63, 3.8) is 0 Å². The van der Waals surface area contributed by atoms with Gasteiger partial charge in [0, 0.05) is 29.4 Å². The fraction of sp³-hybridized carbons (Fsp3) is 0.296. The highest BCUT2D eigenvalue weighted by molar-refractivity contribution is 5.88. The number of fused-ring (bicyclic) bond motifs is 1. The summed E-state index contributed by atoms with van der Waals surface area (Å²) in [6.45, 7) is 2.13. The van der Waals surface area contributed by atoms with Crippen LogP contribution in [0.3, 0.4) is 0 Å². The molecule has 0 aliphatic heterocycles. The Morgan fingerprint density at radius 3 is 2.66 bits per heavy atom. The molecule has 8 nitrogen and oxygen atoms in total. The third kappa shape index (κ3) is 5.21. The van der Waals surface area contributed by atoms with Crippen molar-refractivity contribution in [2.75, 3.05) is 6.61 Å². The molecule has 2 aromatic carbocycles. The van der Waals surface area contributed by atoms with E-state index in [1.165, 1.54) is 0 Å². The standard InChI is InChI=1S/C27H27N3O5/c1-2-33-26(31)23-24(18-12-13-18)35-25(30-23)22(14-19-15-28-21-11-7-6-10-20(19)21)29-27(32)34-16-17-8-4-3-5-9-17/h3-11,15,18,22,28H,2,12-14,16H2,1H3,(H,29,32)/t22-/m1/s1. The third-order valence-corrected chi connectivity index (χ3v) is 5.99. The van der Waals surface area contributed by atoms with Crippen LogP contribution in [-0.2, 0) is 22.5 Å². The number of H-pyrrole nitrogens is 1. The molecule has 0 bridgehead atoms. The Kier molecular flexibility index (Phi) is 6.52. The van der Waals surface area contributed by atoms with E-state index in [9.17, 15) is 9.59 Å². The molecule has 35 heavy (non-hydrogen) atoms. The van der Waals surface area contributed by atoms with E-state index >= 15 is 0 Å². The summed E-state index contributed by atoms with van der Waals surface area (Å²) in [5, 5.41) is 3.93. The molecule has 1 fully saturated rings. The fourth-order valence-corrected chi connectivity index (χ4v) is 4.09. The topological polar surface area (TPSA) is 106 Å². The van der Waals surface area contributed by atoms with Crippen molar-refractivity contribution in [1.82, 2.24) is 15.3 Å². The van der Waals surface area contributed by atoms with Crippen molar-refractivity contribution in [2.45, 2.75) is 44.8 Å². The highest BCUT2D eigenvalue weighted by atomic mass is 16.5. The first-order valence-electron chi connectivity index (χ1n) is 11.8. The number of aromatic amines is 1. The molecule has 1 saturated carbocycles. The molecular weight excluding hydrogens is 446 g/mol. The van der Waals surface area contributed by atoms with Gasteiger partial charge in [-0.1, -0.05) is 48.5 Å². The lowest BCUT2D eigenvalue weighted by Crippen LogP contribution is -2.30. The summed E-state index contributed by atoms with van der Waals surface area (Å²) >= 11 is 0. The van der Waals surface area contributed by atoms with Gasteiger partial charge in [0.25, 0.3) is 0 Å². The van der Waals surface area contributed by atoms with Crippen molar-refractivity contribution < 1.29 is 23.5 Å². The number of ether oxygens (including phenoxy) is 2. The number of carbonyl (C=O) groups is 2. The van der Waals surface area contributed by atoms with E-state index in [1.807, 2.05) is 60.8 Å². The van der Waals surface area contributed by atoms with Crippen LogP contribution < -0.4 is 5.32 Å². The largest absolute Gasteiger partial charge is 0.461 e. The lowest BCUT2D eigenvalue weighted by molar-refractivity contribution is 0.0517. The molecule has 0 unspecified atom stereocenters. The molecule has 0 saturated heterocycles. The molecule has 5 rings (SSSR count). The molecule has 1 atom stereocenters. The Morgan fingerprint density at radius 1 is 1.11 bits per heavy atom. The van der Waals surface area contributed by atoms with Gasteiger partial charge < -0.3 is 24.2 Å². The minimum atomic E-state index is -0.641. The Balaban J connectivity index is 1.42. The van der Waals surface area contributed by atoms with Crippen molar-refractivity contribution in [2.24, 2.45) is 0 Å². The summed E-state index contributed by atoms with van der Waals surface area (Å²) in [5.74, 6) is 0.426. The van der Waals surface area contributed by atoms with Crippen molar-refractivity contribution in [3.05, 3.63) is 89.3 Å². The first-order valence-corrected chi connectivity index (χ1v) is 11.8. The normalized spacial score (nSPS) is 14.0. The summed E-state index contributed by atoms with van der Waals surface area (Å²) < 4.78 is 16.7. The Hall–Kier alpha value is -4.07. The molecule has 2 aromatic heterocycles. The quantitative estimate of drug-likeness (QED) is 0.314. The molecule has 2 heterocycles. The van der Waals surface area contributed by atoms with Crippen molar-refractivity contribution in [3.8, 4) is 0 Å². The maximum Gasteiger partial charge on any atom is 0.408 e. The molecule has 1 amide bonds. The molecule has 180 valence electrons. The SMILES string of the molecule is CCOC(=O)c1nc([C@@H](Cc2c[nH]c3ccccc23)NC(=O)OCc2ccccc2)oc1C1CC1. The fourth-order valence-electron chi connectivity index (χ4n) is 4.09. The maximum absolute atomic E-state index is 12.8. The van der Waals surface area contributed by atoms with E-state index < -0.39 is 18.1 Å². The number of nitrogens with one attached hydrogen (secondary N) is 2. The van der Waals surface area contributed by atoms with E-state index in [2.05, 4.69) is 15.3 Å². The second-order valence-corrected chi connectivity index (χ2v) is 8.58. The van der Waals surface area contributed by atoms with Gasteiger partial charge in [-0.2, -0.15) is 0 Å². The summed E-state index contributed by atoms with van der Waals surface area (Å²) in [4.78, 5) is 33.1. The predicted octanol–water partition coefficient (Wildman–Crippen LogP) is 5.42. The zero-order valence-corrected chi connectivity index (χ0v) is 19.5. The number of hydrogen-bond donors (Lipinski definition) is 2. The van der Waals surface area contributed by atoms with Crippen LogP contribution in [0.25, 0.3) is 10.9 Å². The Labute approximate surface area is 202 Å². The molecule has 1 aliphatic carbocycles. The average molecular weight is 474 g/mol. The Bertz CT molecular complexity index is 1320. The zero-order valence-electron chi connectivity index (χ0n) is 19.5. The average Bonchev–Trinajstić information content (AvgIpc) is 3.50. The number of para-hydroxylation sites is 1. The number of rotatable bonds is 9. The lowest BCUT2D eigenvalue weighted by Gasteiger charge is -2.16. The minimum Gasteiger partial charge on any atom is -0.461 e. The van der Waals surface area contributed by atoms with Crippen LogP contribution in [0.15, 0.2) is 65.2 Å². The number of benzene rings is 2. The highest BCUT2D eigenvalue weighted by Gasteiger charge is 2.36. The van der Waals surface area contributed by atoms with E-state index in [-0.39, 0.29) is 30.7 Å². The number of esters is 1. The highest BCUT2D eigenvalue weighted by Crippen LogP contribution is 2.43. The van der Waals surface area contributed by atoms with Crippen molar-refractivity contribution in [1.29, 1.82) is 0 Å². The number of hydrogen-bond acceptors (Lipinski definition) is 6. The van der Waals surface area contributed by atoms with E-state index in [1.54, 1.807) is 6.92 Å². The van der Waals surface area contributed by atoms with Gasteiger partial charge in [0.1, 0.15) is 18.4 Å². The molecule has 0 radical (unpaired) electrons. The van der Waals surface area contributed by atoms with Gasteiger partial charge in [0.05, 0.1) is 6.61 Å². The summed E-state index contributed by atoms with van der Waals surface area (Å²) in [5.41, 5.74) is 3.05. The number of nitrogens with zero attached hydrogens (tertiary/aromatic N) is 1. The van der Waals surface area contributed by atoms with Crippen LogP contribution in [0.5, 0.6) is 0 Å². The van der Waals surface area contributed by atoms with Crippen LogP contribution in [0, 0.1) is 0 Å². The molecular formula is C27H27N3O5. The third-order valence-electron chi connectivity index (χ3n) is 5.99. The molecule has 0 spiro atoms. The van der Waals surface area contributed by atoms with Gasteiger partial charge in [0.15, 0.2) is 5.69 Å². The molecule has 2 N–H and O–H groups in total. The van der Waals surface area contributed by atoms with Crippen LogP contribution in [0.4, 0.5) is 4.79 Å². The van der Waals surface area contributed by atoms with Gasteiger partial charge in [0.2, 0.25) is 5.89 Å². The smallest absolute Gasteiger partial charge is 0.408 e. The summed E-state index contributed by atoms with van der Waals surface area (Å²) in [6.07, 6.45) is 3.58. The lowest BCUT2D eigenvalue weighted by atomic mass is 10.0. The van der Waals surface area contributed by atoms with E-state index in [0.29, 0.717) is 12.2 Å². The Morgan fingerprint density at radius 2 is 1.89 bits per heavy atom. The second kappa shape index (κ2) is 10.0. The van der Waals surface area contributed by atoms with Crippen LogP contribution >= 0.6 is 0 Å². The van der Waals surface area contributed by atoms with Gasteiger partial charge in [-0.25, -0.2) is 14.6 Å². The monoisotopic (exact) mass is 473 g/mol. The zero-order chi connectivity index (χ0) is 24.2.